The van der Waals surface area contributed by atoms with E-state index in [0.29, 0.717) is 22.1 Å². The molecule has 0 saturated heterocycles. The van der Waals surface area contributed by atoms with E-state index in [4.69, 9.17) is 11.6 Å². The Balaban J connectivity index is 1.03. The number of rotatable bonds is 12. The van der Waals surface area contributed by atoms with E-state index in [1.807, 2.05) is 36.7 Å². The number of carboxylic acid groups (broad SMARTS) is 1. The molecule has 2 aliphatic rings. The molecule has 9 heteroatoms. The van der Waals surface area contributed by atoms with Gasteiger partial charge in [-0.2, -0.15) is 0 Å². The summed E-state index contributed by atoms with van der Waals surface area (Å²) in [5.74, 6) is 1.49. The number of amides is 2. The molecule has 0 bridgehead atoms. The first-order chi connectivity index (χ1) is 24.7. The van der Waals surface area contributed by atoms with Gasteiger partial charge in [0, 0.05) is 46.3 Å². The summed E-state index contributed by atoms with van der Waals surface area (Å²) in [5.41, 5.74) is 5.72. The van der Waals surface area contributed by atoms with Crippen molar-refractivity contribution in [1.29, 1.82) is 0 Å². The van der Waals surface area contributed by atoms with E-state index in [-0.39, 0.29) is 18.9 Å². The van der Waals surface area contributed by atoms with E-state index in [2.05, 4.69) is 28.3 Å². The van der Waals surface area contributed by atoms with Crippen LogP contribution in [-0.4, -0.2) is 44.3 Å². The molecule has 0 aliphatic heterocycles. The second-order valence-corrected chi connectivity index (χ2v) is 14.4. The molecule has 1 unspecified atom stereocenters. The standard InChI is InChI=1S/C42H45ClN4O4/c1-2-28-3-9-31(10-4-28)32-13-15-33(16-14-32)36-24-44-41(45-25-36)34-11-5-30(6-12-34)26-47(27-40(49)50)42(51)35-17-21-38(22-18-35)46-39(48)23-29-7-19-37(43)20-8-29/h5-8,11-12,15,17-22,24-25,28,31-32H,2-4,9-10,13-14,16,23,26-27H2,1H3,(H,46,48)(H,49,50). The highest BCUT2D eigenvalue weighted by Crippen LogP contribution is 2.41. The van der Waals surface area contributed by atoms with Crippen LogP contribution in [0.1, 0.15) is 85.3 Å². The van der Waals surface area contributed by atoms with E-state index in [9.17, 15) is 19.5 Å². The smallest absolute Gasteiger partial charge is 0.323 e. The van der Waals surface area contributed by atoms with Crippen LogP contribution < -0.4 is 5.32 Å². The molecule has 1 atom stereocenters. The van der Waals surface area contributed by atoms with E-state index < -0.39 is 18.4 Å². The number of hydrogen-bond acceptors (Lipinski definition) is 5. The fraction of sp³-hybridized carbons (Fsp3) is 0.357. The van der Waals surface area contributed by atoms with Gasteiger partial charge in [-0.15, -0.1) is 0 Å². The van der Waals surface area contributed by atoms with Gasteiger partial charge < -0.3 is 15.3 Å². The summed E-state index contributed by atoms with van der Waals surface area (Å²) in [5, 5.41) is 13.0. The molecule has 1 aromatic heterocycles. The number of benzene rings is 3. The maximum absolute atomic E-state index is 13.4. The normalized spacial score (nSPS) is 18.8. The van der Waals surface area contributed by atoms with Crippen LogP contribution >= 0.6 is 11.6 Å². The van der Waals surface area contributed by atoms with Gasteiger partial charge in [0.15, 0.2) is 5.82 Å². The fourth-order valence-corrected chi connectivity index (χ4v) is 7.60. The molecule has 0 radical (unpaired) electrons. The Bertz CT molecular complexity index is 1830. The molecule has 2 aliphatic carbocycles. The summed E-state index contributed by atoms with van der Waals surface area (Å²) in [7, 11) is 0. The zero-order chi connectivity index (χ0) is 35.7. The highest BCUT2D eigenvalue weighted by atomic mass is 35.5. The number of carbonyl (C=O) groups excluding carboxylic acids is 2. The number of allylic oxidation sites excluding steroid dienone is 2. The third-order valence-corrected chi connectivity index (χ3v) is 10.8. The van der Waals surface area contributed by atoms with E-state index in [1.165, 1.54) is 49.0 Å². The fourth-order valence-electron chi connectivity index (χ4n) is 7.47. The summed E-state index contributed by atoms with van der Waals surface area (Å²) in [6, 6.07) is 21.0. The van der Waals surface area contributed by atoms with Crippen molar-refractivity contribution in [2.75, 3.05) is 11.9 Å². The number of carboxylic acids is 1. The Labute approximate surface area is 305 Å². The third kappa shape index (κ3) is 9.70. The van der Waals surface area contributed by atoms with Crippen molar-refractivity contribution in [3.63, 3.8) is 0 Å². The Kier molecular flexibility index (Phi) is 11.9. The van der Waals surface area contributed by atoms with Crippen LogP contribution in [-0.2, 0) is 22.6 Å². The minimum Gasteiger partial charge on any atom is -0.480 e. The van der Waals surface area contributed by atoms with Crippen molar-refractivity contribution in [2.24, 2.45) is 17.8 Å². The molecular formula is C42H45ClN4O4. The third-order valence-electron chi connectivity index (χ3n) is 10.5. The number of nitrogens with zero attached hydrogens (tertiary/aromatic N) is 3. The van der Waals surface area contributed by atoms with Gasteiger partial charge in [0.05, 0.1) is 6.42 Å². The summed E-state index contributed by atoms with van der Waals surface area (Å²) in [4.78, 5) is 48.2. The van der Waals surface area contributed by atoms with E-state index in [0.717, 1.165) is 52.8 Å². The van der Waals surface area contributed by atoms with Crippen molar-refractivity contribution in [1.82, 2.24) is 14.9 Å². The Morgan fingerprint density at radius 2 is 1.49 bits per heavy atom. The molecule has 3 aromatic carbocycles. The number of nitrogens with one attached hydrogen (secondary N) is 1. The molecule has 6 rings (SSSR count). The first-order valence-corrected chi connectivity index (χ1v) is 18.4. The summed E-state index contributed by atoms with van der Waals surface area (Å²) >= 11 is 5.92. The van der Waals surface area contributed by atoms with Crippen molar-refractivity contribution >= 4 is 40.6 Å². The monoisotopic (exact) mass is 704 g/mol. The van der Waals surface area contributed by atoms with Crippen molar-refractivity contribution in [3.05, 3.63) is 119 Å². The van der Waals surface area contributed by atoms with Gasteiger partial charge in [0.2, 0.25) is 5.91 Å². The minimum absolute atomic E-state index is 0.111. The van der Waals surface area contributed by atoms with Gasteiger partial charge in [0.1, 0.15) is 6.54 Å². The first-order valence-electron chi connectivity index (χ1n) is 18.0. The van der Waals surface area contributed by atoms with Crippen LogP contribution in [0, 0.1) is 17.8 Å². The lowest BCUT2D eigenvalue weighted by molar-refractivity contribution is -0.137. The van der Waals surface area contributed by atoms with E-state index >= 15 is 0 Å². The van der Waals surface area contributed by atoms with Crippen LogP contribution in [0.5, 0.6) is 0 Å². The molecule has 1 fully saturated rings. The maximum Gasteiger partial charge on any atom is 0.323 e. The van der Waals surface area contributed by atoms with Crippen LogP contribution in [0.4, 0.5) is 5.69 Å². The van der Waals surface area contributed by atoms with Crippen molar-refractivity contribution in [3.8, 4) is 11.4 Å². The van der Waals surface area contributed by atoms with Crippen LogP contribution in [0.3, 0.4) is 0 Å². The lowest BCUT2D eigenvalue weighted by atomic mass is 9.71. The lowest BCUT2D eigenvalue weighted by Crippen LogP contribution is -2.35. The number of aliphatic carboxylic acids is 1. The molecule has 1 saturated carbocycles. The van der Waals surface area contributed by atoms with Crippen molar-refractivity contribution in [2.45, 2.75) is 71.3 Å². The molecule has 0 spiro atoms. The van der Waals surface area contributed by atoms with Crippen LogP contribution in [0.25, 0.3) is 17.0 Å². The number of halogens is 1. The number of carbonyl (C=O) groups is 3. The van der Waals surface area contributed by atoms with Gasteiger partial charge in [-0.25, -0.2) is 9.97 Å². The number of aromatic nitrogens is 2. The highest BCUT2D eigenvalue weighted by molar-refractivity contribution is 6.30. The van der Waals surface area contributed by atoms with Crippen molar-refractivity contribution < 1.29 is 19.5 Å². The quantitative estimate of drug-likeness (QED) is 0.152. The molecular weight excluding hydrogens is 660 g/mol. The van der Waals surface area contributed by atoms with E-state index in [1.54, 1.807) is 48.5 Å². The Morgan fingerprint density at radius 1 is 0.824 bits per heavy atom. The number of anilines is 1. The summed E-state index contributed by atoms with van der Waals surface area (Å²) in [6.45, 7) is 1.98. The molecule has 2 N–H and O–H groups in total. The molecule has 2 amide bonds. The molecule has 8 nitrogen and oxygen atoms in total. The Hall–Kier alpha value is -4.82. The van der Waals surface area contributed by atoms with Gasteiger partial charge in [-0.1, -0.05) is 80.3 Å². The zero-order valence-electron chi connectivity index (χ0n) is 29.1. The van der Waals surface area contributed by atoms with Crippen LogP contribution in [0.2, 0.25) is 5.02 Å². The average molecular weight is 705 g/mol. The van der Waals surface area contributed by atoms with Gasteiger partial charge in [0.25, 0.3) is 5.91 Å². The molecule has 1 heterocycles. The van der Waals surface area contributed by atoms with Gasteiger partial charge in [-0.3, -0.25) is 14.4 Å². The predicted octanol–water partition coefficient (Wildman–Crippen LogP) is 9.11. The summed E-state index contributed by atoms with van der Waals surface area (Å²) < 4.78 is 0. The molecule has 51 heavy (non-hydrogen) atoms. The highest BCUT2D eigenvalue weighted by Gasteiger charge is 2.28. The Morgan fingerprint density at radius 3 is 2.10 bits per heavy atom. The first kappa shape index (κ1) is 36.0. The topological polar surface area (TPSA) is 112 Å². The number of hydrogen-bond donors (Lipinski definition) is 2. The second kappa shape index (κ2) is 16.9. The molecule has 264 valence electrons. The average Bonchev–Trinajstić information content (AvgIpc) is 3.16. The predicted molar refractivity (Wildman–Crippen MR) is 201 cm³/mol. The van der Waals surface area contributed by atoms with Gasteiger partial charge in [-0.05, 0) is 103 Å². The summed E-state index contributed by atoms with van der Waals surface area (Å²) in [6.07, 6.45) is 16.8. The SMILES string of the molecule is CCC1CCC(C2CC=C(c3cnc(-c4ccc(CN(CC(=O)O)C(=O)c5ccc(NC(=O)Cc6ccc(Cl)cc6)cc5)cc4)nc3)CC2)CC1. The zero-order valence-corrected chi connectivity index (χ0v) is 29.8. The second-order valence-electron chi connectivity index (χ2n) is 13.9. The minimum atomic E-state index is -1.11. The lowest BCUT2D eigenvalue weighted by Gasteiger charge is -2.35. The van der Waals surface area contributed by atoms with Crippen LogP contribution in [0.15, 0.2) is 91.3 Å². The maximum atomic E-state index is 13.4. The molecule has 4 aromatic rings. The largest absolute Gasteiger partial charge is 0.480 e. The van der Waals surface area contributed by atoms with Gasteiger partial charge >= 0.3 is 5.97 Å².